The van der Waals surface area contributed by atoms with E-state index >= 15 is 0 Å². The molecule has 14 heavy (non-hydrogen) atoms. The Kier molecular flexibility index (Phi) is 2.26. The molecule has 0 aromatic heterocycles. The molecule has 0 amide bonds. The highest BCUT2D eigenvalue weighted by Crippen LogP contribution is 2.41. The molecule has 0 bridgehead atoms. The number of hydrogen-bond donors (Lipinski definition) is 1. The zero-order chi connectivity index (χ0) is 10.2. The van der Waals surface area contributed by atoms with Crippen LogP contribution in [0.2, 0.25) is 0 Å². The maximum atomic E-state index is 3.55. The molecule has 2 rings (SSSR count). The first-order valence-electron chi connectivity index (χ1n) is 5.52. The smallest absolute Gasteiger partial charge is 0.0380 e. The van der Waals surface area contributed by atoms with Gasteiger partial charge in [-0.25, -0.2) is 0 Å². The number of hydrogen-bond acceptors (Lipinski definition) is 1. The molecule has 1 aromatic carbocycles. The molecule has 2 atom stereocenters. The van der Waals surface area contributed by atoms with E-state index in [1.807, 2.05) is 0 Å². The molecule has 0 aliphatic carbocycles. The van der Waals surface area contributed by atoms with Gasteiger partial charge in [-0.1, -0.05) is 32.0 Å². The van der Waals surface area contributed by atoms with Gasteiger partial charge in [0.15, 0.2) is 0 Å². The van der Waals surface area contributed by atoms with E-state index in [9.17, 15) is 0 Å². The van der Waals surface area contributed by atoms with Crippen molar-refractivity contribution in [3.63, 3.8) is 0 Å². The molecular weight excluding hydrogens is 170 g/mol. The predicted molar refractivity (Wildman–Crippen MR) is 61.8 cm³/mol. The summed E-state index contributed by atoms with van der Waals surface area (Å²) in [7, 11) is 0. The molecule has 0 spiro atoms. The van der Waals surface area contributed by atoms with Crippen molar-refractivity contribution in [2.75, 3.05) is 5.32 Å². The van der Waals surface area contributed by atoms with Crippen LogP contribution in [0.25, 0.3) is 0 Å². The number of rotatable bonds is 1. The maximum Gasteiger partial charge on any atom is 0.0380 e. The fourth-order valence-electron chi connectivity index (χ4n) is 2.57. The van der Waals surface area contributed by atoms with Crippen molar-refractivity contribution >= 4 is 5.69 Å². The van der Waals surface area contributed by atoms with Gasteiger partial charge in [0.1, 0.15) is 0 Å². The Labute approximate surface area is 86.5 Å². The molecule has 0 saturated heterocycles. The van der Waals surface area contributed by atoms with Gasteiger partial charge in [0.25, 0.3) is 0 Å². The van der Waals surface area contributed by atoms with E-state index in [-0.39, 0.29) is 0 Å². The van der Waals surface area contributed by atoms with Crippen molar-refractivity contribution in [1.82, 2.24) is 0 Å². The quantitative estimate of drug-likeness (QED) is 0.712. The van der Waals surface area contributed by atoms with E-state index in [1.54, 1.807) is 0 Å². The second-order valence-corrected chi connectivity index (χ2v) is 4.71. The topological polar surface area (TPSA) is 12.0 Å². The number of benzene rings is 1. The second kappa shape index (κ2) is 3.30. The molecule has 1 aliphatic rings. The Morgan fingerprint density at radius 1 is 1.43 bits per heavy atom. The van der Waals surface area contributed by atoms with Crippen LogP contribution in [0.15, 0.2) is 24.3 Å². The molecule has 1 heteroatoms. The summed E-state index contributed by atoms with van der Waals surface area (Å²) in [4.78, 5) is 0. The van der Waals surface area contributed by atoms with E-state index in [4.69, 9.17) is 0 Å². The van der Waals surface area contributed by atoms with E-state index in [2.05, 4.69) is 50.4 Å². The first-order valence-corrected chi connectivity index (χ1v) is 5.52. The lowest BCUT2D eigenvalue weighted by atomic mass is 9.72. The van der Waals surface area contributed by atoms with E-state index < -0.39 is 0 Å². The maximum absolute atomic E-state index is 3.55. The molecule has 76 valence electrons. The third-order valence-corrected chi connectivity index (χ3v) is 3.52. The largest absolute Gasteiger partial charge is 0.382 e. The van der Waals surface area contributed by atoms with Crippen molar-refractivity contribution in [2.24, 2.45) is 0 Å². The third-order valence-electron chi connectivity index (χ3n) is 3.52. The Hall–Kier alpha value is -0.980. The van der Waals surface area contributed by atoms with E-state index in [0.29, 0.717) is 11.5 Å². The van der Waals surface area contributed by atoms with Gasteiger partial charge < -0.3 is 5.32 Å². The molecular formula is C13H19N. The van der Waals surface area contributed by atoms with Gasteiger partial charge in [0.2, 0.25) is 0 Å². The van der Waals surface area contributed by atoms with Crippen LogP contribution in [-0.4, -0.2) is 6.04 Å². The van der Waals surface area contributed by atoms with Crippen molar-refractivity contribution in [1.29, 1.82) is 0 Å². The third kappa shape index (κ3) is 1.41. The second-order valence-electron chi connectivity index (χ2n) is 4.71. The van der Waals surface area contributed by atoms with Crippen LogP contribution in [0.1, 0.15) is 39.2 Å². The highest BCUT2D eigenvalue weighted by Gasteiger charge is 2.32. The lowest BCUT2D eigenvalue weighted by molar-refractivity contribution is 0.384. The molecule has 0 saturated carbocycles. The highest BCUT2D eigenvalue weighted by atomic mass is 14.9. The van der Waals surface area contributed by atoms with Gasteiger partial charge in [-0.2, -0.15) is 0 Å². The van der Waals surface area contributed by atoms with Crippen LogP contribution in [0, 0.1) is 0 Å². The van der Waals surface area contributed by atoms with Crippen LogP contribution in [0.5, 0.6) is 0 Å². The van der Waals surface area contributed by atoms with Crippen LogP contribution in [-0.2, 0) is 5.41 Å². The first-order chi connectivity index (χ1) is 6.65. The Bertz CT molecular complexity index is 332. The molecule has 0 fully saturated rings. The Balaban J connectivity index is 2.48. The summed E-state index contributed by atoms with van der Waals surface area (Å²) in [6.45, 7) is 6.93. The number of para-hydroxylation sites is 1. The number of anilines is 1. The molecule has 1 unspecified atom stereocenters. The van der Waals surface area contributed by atoms with Gasteiger partial charge >= 0.3 is 0 Å². The number of fused-ring (bicyclic) bond motifs is 1. The molecule has 1 aromatic rings. The van der Waals surface area contributed by atoms with Crippen molar-refractivity contribution in [3.05, 3.63) is 29.8 Å². The molecule has 1 aliphatic heterocycles. The predicted octanol–water partition coefficient (Wildman–Crippen LogP) is 3.56. The van der Waals surface area contributed by atoms with Gasteiger partial charge in [0.05, 0.1) is 0 Å². The standard InChI is InChI=1S/C13H19N/c1-4-13(3)9-10(2)14-12-8-6-5-7-11(12)13/h5-8,10,14H,4,9H2,1-3H3/t10-,13?/m0/s1. The lowest BCUT2D eigenvalue weighted by Crippen LogP contribution is -2.35. The summed E-state index contributed by atoms with van der Waals surface area (Å²) >= 11 is 0. The number of nitrogens with one attached hydrogen (secondary N) is 1. The molecule has 1 N–H and O–H groups in total. The lowest BCUT2D eigenvalue weighted by Gasteiger charge is -2.39. The normalized spacial score (nSPS) is 30.6. The van der Waals surface area contributed by atoms with Gasteiger partial charge in [0, 0.05) is 11.7 Å². The molecule has 1 heterocycles. The zero-order valence-electron chi connectivity index (χ0n) is 9.30. The average molecular weight is 189 g/mol. The summed E-state index contributed by atoms with van der Waals surface area (Å²) in [5, 5.41) is 3.55. The Morgan fingerprint density at radius 2 is 2.14 bits per heavy atom. The van der Waals surface area contributed by atoms with Gasteiger partial charge in [-0.3, -0.25) is 0 Å². The zero-order valence-corrected chi connectivity index (χ0v) is 9.30. The highest BCUT2D eigenvalue weighted by molar-refractivity contribution is 5.57. The fraction of sp³-hybridized carbons (Fsp3) is 0.538. The van der Waals surface area contributed by atoms with Crippen LogP contribution in [0.4, 0.5) is 5.69 Å². The summed E-state index contributed by atoms with van der Waals surface area (Å²) in [6, 6.07) is 9.30. The fourth-order valence-corrected chi connectivity index (χ4v) is 2.57. The van der Waals surface area contributed by atoms with E-state index in [1.165, 1.54) is 24.1 Å². The van der Waals surface area contributed by atoms with Crippen LogP contribution >= 0.6 is 0 Å². The summed E-state index contributed by atoms with van der Waals surface area (Å²) < 4.78 is 0. The first kappa shape index (κ1) is 9.57. The molecule has 0 radical (unpaired) electrons. The van der Waals surface area contributed by atoms with Gasteiger partial charge in [-0.15, -0.1) is 0 Å². The Morgan fingerprint density at radius 3 is 2.86 bits per heavy atom. The van der Waals surface area contributed by atoms with Crippen molar-refractivity contribution in [2.45, 2.75) is 45.1 Å². The summed E-state index contributed by atoms with van der Waals surface area (Å²) in [6.07, 6.45) is 2.45. The van der Waals surface area contributed by atoms with Crippen LogP contribution < -0.4 is 5.32 Å². The minimum atomic E-state index is 0.362. The van der Waals surface area contributed by atoms with E-state index in [0.717, 1.165) is 0 Å². The summed E-state index contributed by atoms with van der Waals surface area (Å²) in [5.74, 6) is 0. The minimum absolute atomic E-state index is 0.362. The average Bonchev–Trinajstić information content (AvgIpc) is 2.17. The monoisotopic (exact) mass is 189 g/mol. The van der Waals surface area contributed by atoms with Crippen LogP contribution in [0.3, 0.4) is 0 Å². The molecule has 1 nitrogen and oxygen atoms in total. The summed E-state index contributed by atoms with van der Waals surface area (Å²) in [5.41, 5.74) is 3.18. The van der Waals surface area contributed by atoms with Crippen molar-refractivity contribution < 1.29 is 0 Å². The van der Waals surface area contributed by atoms with Gasteiger partial charge in [-0.05, 0) is 36.8 Å². The minimum Gasteiger partial charge on any atom is -0.382 e. The van der Waals surface area contributed by atoms with Crippen molar-refractivity contribution in [3.8, 4) is 0 Å². The SMILES string of the molecule is CCC1(C)C[C@H](C)Nc2ccccc21.